The van der Waals surface area contributed by atoms with E-state index in [-0.39, 0.29) is 5.91 Å². The molecule has 0 aliphatic carbocycles. The van der Waals surface area contributed by atoms with E-state index in [1.807, 2.05) is 23.6 Å². The van der Waals surface area contributed by atoms with Crippen LogP contribution in [0.15, 0.2) is 54.0 Å². The molecule has 0 aliphatic heterocycles. The maximum Gasteiger partial charge on any atom is 0.255 e. The average Bonchev–Trinajstić information content (AvgIpc) is 3.16. The molecular formula is C18H16N2O3S. The third-order valence-electron chi connectivity index (χ3n) is 3.46. The Morgan fingerprint density at radius 1 is 1.12 bits per heavy atom. The molecule has 0 radical (unpaired) electrons. The first-order valence-corrected chi connectivity index (χ1v) is 8.12. The summed E-state index contributed by atoms with van der Waals surface area (Å²) in [6.45, 7) is 0. The molecule has 0 aliphatic rings. The van der Waals surface area contributed by atoms with Crippen LogP contribution in [0.2, 0.25) is 0 Å². The first-order valence-electron chi connectivity index (χ1n) is 7.24. The van der Waals surface area contributed by atoms with Gasteiger partial charge in [0, 0.05) is 28.8 Å². The number of rotatable bonds is 5. The molecule has 0 spiro atoms. The van der Waals surface area contributed by atoms with Crippen LogP contribution in [0.3, 0.4) is 0 Å². The summed E-state index contributed by atoms with van der Waals surface area (Å²) in [5.74, 6) is 0.989. The monoisotopic (exact) mass is 340 g/mol. The molecule has 1 aromatic heterocycles. The number of thiazole rings is 1. The summed E-state index contributed by atoms with van der Waals surface area (Å²) in [5, 5.41) is 5.65. The SMILES string of the molecule is COc1ccc(OC)c(NC(=O)c2cccc(-c3nccs3)c2)c1. The lowest BCUT2D eigenvalue weighted by Gasteiger charge is -2.12. The summed E-state index contributed by atoms with van der Waals surface area (Å²) in [6, 6.07) is 12.6. The predicted molar refractivity (Wildman–Crippen MR) is 95.0 cm³/mol. The fourth-order valence-corrected chi connectivity index (χ4v) is 2.90. The fourth-order valence-electron chi connectivity index (χ4n) is 2.27. The Morgan fingerprint density at radius 3 is 2.71 bits per heavy atom. The van der Waals surface area contributed by atoms with Crippen molar-refractivity contribution in [1.29, 1.82) is 0 Å². The lowest BCUT2D eigenvalue weighted by molar-refractivity contribution is 0.102. The number of hydrogen-bond donors (Lipinski definition) is 1. The molecule has 5 nitrogen and oxygen atoms in total. The van der Waals surface area contributed by atoms with Crippen LogP contribution in [-0.2, 0) is 0 Å². The molecule has 0 bridgehead atoms. The first-order chi connectivity index (χ1) is 11.7. The van der Waals surface area contributed by atoms with Gasteiger partial charge in [-0.15, -0.1) is 11.3 Å². The number of nitrogens with zero attached hydrogens (tertiary/aromatic N) is 1. The number of benzene rings is 2. The Bertz CT molecular complexity index is 847. The fraction of sp³-hybridized carbons (Fsp3) is 0.111. The Balaban J connectivity index is 1.87. The molecule has 122 valence electrons. The predicted octanol–water partition coefficient (Wildman–Crippen LogP) is 4.08. The van der Waals surface area contributed by atoms with E-state index in [4.69, 9.17) is 9.47 Å². The maximum atomic E-state index is 12.6. The molecule has 2 aromatic carbocycles. The van der Waals surface area contributed by atoms with Crippen molar-refractivity contribution in [3.63, 3.8) is 0 Å². The Morgan fingerprint density at radius 2 is 2.00 bits per heavy atom. The van der Waals surface area contributed by atoms with Crippen LogP contribution in [0.25, 0.3) is 10.6 Å². The summed E-state index contributed by atoms with van der Waals surface area (Å²) in [5.41, 5.74) is 2.02. The van der Waals surface area contributed by atoms with Crippen molar-refractivity contribution in [3.8, 4) is 22.1 Å². The smallest absolute Gasteiger partial charge is 0.255 e. The van der Waals surface area contributed by atoms with E-state index in [1.54, 1.807) is 44.7 Å². The number of aromatic nitrogens is 1. The van der Waals surface area contributed by atoms with Gasteiger partial charge in [0.05, 0.1) is 19.9 Å². The van der Waals surface area contributed by atoms with E-state index >= 15 is 0 Å². The van der Waals surface area contributed by atoms with Crippen LogP contribution in [0.4, 0.5) is 5.69 Å². The molecular weight excluding hydrogens is 324 g/mol. The molecule has 0 unspecified atom stereocenters. The van der Waals surface area contributed by atoms with E-state index in [1.165, 1.54) is 11.3 Å². The van der Waals surface area contributed by atoms with Gasteiger partial charge >= 0.3 is 0 Å². The van der Waals surface area contributed by atoms with Crippen LogP contribution in [0.5, 0.6) is 11.5 Å². The second kappa shape index (κ2) is 7.14. The van der Waals surface area contributed by atoms with Crippen LogP contribution < -0.4 is 14.8 Å². The van der Waals surface area contributed by atoms with Gasteiger partial charge in [0.1, 0.15) is 16.5 Å². The minimum absolute atomic E-state index is 0.222. The lowest BCUT2D eigenvalue weighted by atomic mass is 10.1. The van der Waals surface area contributed by atoms with E-state index in [9.17, 15) is 4.79 Å². The van der Waals surface area contributed by atoms with E-state index < -0.39 is 0 Å². The number of nitrogens with one attached hydrogen (secondary N) is 1. The quantitative estimate of drug-likeness (QED) is 0.760. The minimum atomic E-state index is -0.222. The molecule has 3 aromatic rings. The Hall–Kier alpha value is -2.86. The highest BCUT2D eigenvalue weighted by Gasteiger charge is 2.12. The second-order valence-electron chi connectivity index (χ2n) is 4.94. The molecule has 0 fully saturated rings. The average molecular weight is 340 g/mol. The summed E-state index contributed by atoms with van der Waals surface area (Å²) in [4.78, 5) is 16.9. The summed E-state index contributed by atoms with van der Waals surface area (Å²) < 4.78 is 10.5. The lowest BCUT2D eigenvalue weighted by Crippen LogP contribution is -2.12. The largest absolute Gasteiger partial charge is 0.497 e. The molecule has 1 N–H and O–H groups in total. The third-order valence-corrected chi connectivity index (χ3v) is 4.28. The summed E-state index contributed by atoms with van der Waals surface area (Å²) >= 11 is 1.53. The van der Waals surface area contributed by atoms with Crippen LogP contribution in [0, 0.1) is 0 Å². The zero-order chi connectivity index (χ0) is 16.9. The van der Waals surface area contributed by atoms with Crippen LogP contribution >= 0.6 is 11.3 Å². The van der Waals surface area contributed by atoms with Crippen molar-refractivity contribution in [2.24, 2.45) is 0 Å². The molecule has 3 rings (SSSR count). The van der Waals surface area contributed by atoms with Crippen molar-refractivity contribution in [2.75, 3.05) is 19.5 Å². The maximum absolute atomic E-state index is 12.6. The van der Waals surface area contributed by atoms with Gasteiger partial charge in [-0.2, -0.15) is 0 Å². The number of carbonyl (C=O) groups is 1. The third kappa shape index (κ3) is 3.38. The van der Waals surface area contributed by atoms with Gasteiger partial charge in [0.25, 0.3) is 5.91 Å². The van der Waals surface area contributed by atoms with Crippen molar-refractivity contribution in [1.82, 2.24) is 4.98 Å². The molecule has 0 saturated carbocycles. The van der Waals surface area contributed by atoms with Crippen molar-refractivity contribution in [3.05, 3.63) is 59.6 Å². The normalized spacial score (nSPS) is 10.2. The molecule has 6 heteroatoms. The number of anilines is 1. The molecule has 1 heterocycles. The van der Waals surface area contributed by atoms with Crippen LogP contribution in [-0.4, -0.2) is 25.1 Å². The van der Waals surface area contributed by atoms with Crippen molar-refractivity contribution in [2.45, 2.75) is 0 Å². The summed E-state index contributed by atoms with van der Waals surface area (Å²) in [6.07, 6.45) is 1.74. The number of ether oxygens (including phenoxy) is 2. The van der Waals surface area contributed by atoms with E-state index in [0.717, 1.165) is 10.6 Å². The van der Waals surface area contributed by atoms with Crippen molar-refractivity contribution < 1.29 is 14.3 Å². The van der Waals surface area contributed by atoms with Gasteiger partial charge in [-0.1, -0.05) is 12.1 Å². The van der Waals surface area contributed by atoms with Crippen molar-refractivity contribution >= 4 is 22.9 Å². The highest BCUT2D eigenvalue weighted by atomic mass is 32.1. The molecule has 24 heavy (non-hydrogen) atoms. The molecule has 0 atom stereocenters. The van der Waals surface area contributed by atoms with Gasteiger partial charge in [-0.3, -0.25) is 4.79 Å². The number of methoxy groups -OCH3 is 2. The van der Waals surface area contributed by atoms with Gasteiger partial charge in [0.2, 0.25) is 0 Å². The van der Waals surface area contributed by atoms with Crippen LogP contribution in [0.1, 0.15) is 10.4 Å². The zero-order valence-corrected chi connectivity index (χ0v) is 14.1. The summed E-state index contributed by atoms with van der Waals surface area (Å²) in [7, 11) is 3.13. The highest BCUT2D eigenvalue weighted by Crippen LogP contribution is 2.29. The number of hydrogen-bond acceptors (Lipinski definition) is 5. The van der Waals surface area contributed by atoms with Gasteiger partial charge in [-0.05, 0) is 24.3 Å². The minimum Gasteiger partial charge on any atom is -0.497 e. The zero-order valence-electron chi connectivity index (χ0n) is 13.3. The second-order valence-corrected chi connectivity index (χ2v) is 5.83. The van der Waals surface area contributed by atoms with Gasteiger partial charge < -0.3 is 14.8 Å². The number of amides is 1. The highest BCUT2D eigenvalue weighted by molar-refractivity contribution is 7.13. The topological polar surface area (TPSA) is 60.5 Å². The Kier molecular flexibility index (Phi) is 4.77. The van der Waals surface area contributed by atoms with Gasteiger partial charge in [-0.25, -0.2) is 4.98 Å². The molecule has 1 amide bonds. The van der Waals surface area contributed by atoms with E-state index in [2.05, 4.69) is 10.3 Å². The standard InChI is InChI=1S/C18H16N2O3S/c1-22-14-6-7-16(23-2)15(11-14)20-17(21)12-4-3-5-13(10-12)18-19-8-9-24-18/h3-11H,1-2H3,(H,20,21). The first kappa shape index (κ1) is 16.0. The number of carbonyl (C=O) groups excluding carboxylic acids is 1. The Labute approximate surface area is 143 Å². The van der Waals surface area contributed by atoms with E-state index in [0.29, 0.717) is 22.7 Å². The molecule has 0 saturated heterocycles. The van der Waals surface area contributed by atoms with Gasteiger partial charge in [0.15, 0.2) is 0 Å².